The Morgan fingerprint density at radius 2 is 1.62 bits per heavy atom. The third-order valence-electron chi connectivity index (χ3n) is 3.49. The minimum absolute atomic E-state index is 0.0580. The third-order valence-corrected chi connectivity index (χ3v) is 3.49. The predicted octanol–water partition coefficient (Wildman–Crippen LogP) is 4.18. The van der Waals surface area contributed by atoms with Crippen molar-refractivity contribution < 1.29 is 4.79 Å². The largest absolute Gasteiger partial charge is 0.381 e. The minimum atomic E-state index is -0.0580. The highest BCUT2D eigenvalue weighted by molar-refractivity contribution is 5.89. The number of carbonyl (C=O) groups excluding carboxylic acids is 1. The molecule has 0 aliphatic carbocycles. The lowest BCUT2D eigenvalue weighted by molar-refractivity contribution is -0.114. The molecule has 2 aromatic rings. The van der Waals surface area contributed by atoms with Gasteiger partial charge in [0.05, 0.1) is 0 Å². The van der Waals surface area contributed by atoms with E-state index in [1.807, 2.05) is 24.3 Å². The molecule has 0 bridgehead atoms. The summed E-state index contributed by atoms with van der Waals surface area (Å²) in [5.41, 5.74) is 7.04. The quantitative estimate of drug-likeness (QED) is 0.883. The van der Waals surface area contributed by atoms with Gasteiger partial charge in [0, 0.05) is 24.8 Å². The molecule has 0 radical (unpaired) electrons. The van der Waals surface area contributed by atoms with Crippen LogP contribution in [-0.2, 0) is 11.3 Å². The summed E-state index contributed by atoms with van der Waals surface area (Å²) in [6.07, 6.45) is 0. The Labute approximate surface area is 126 Å². The van der Waals surface area contributed by atoms with E-state index in [0.717, 1.165) is 17.9 Å². The molecule has 0 saturated heterocycles. The number of hydrogen-bond acceptors (Lipinski definition) is 2. The van der Waals surface area contributed by atoms with E-state index in [1.54, 1.807) is 0 Å². The first-order chi connectivity index (χ1) is 9.95. The SMILES string of the molecule is CC(=O)Nc1cccc(NCc2c(C)cc(C)cc2C)c1. The number of anilines is 2. The standard InChI is InChI=1S/C18H22N2O/c1-12-8-13(2)18(14(3)9-12)11-19-16-6-5-7-17(10-16)20-15(4)21/h5-10,19H,11H2,1-4H3,(H,20,21). The Kier molecular flexibility index (Phi) is 4.63. The fourth-order valence-electron chi connectivity index (χ4n) is 2.59. The van der Waals surface area contributed by atoms with Crippen molar-refractivity contribution in [2.45, 2.75) is 34.2 Å². The molecule has 0 aliphatic heterocycles. The van der Waals surface area contributed by atoms with Gasteiger partial charge in [0.25, 0.3) is 0 Å². The van der Waals surface area contributed by atoms with Crippen molar-refractivity contribution in [3.05, 3.63) is 58.7 Å². The second-order valence-corrected chi connectivity index (χ2v) is 5.49. The molecule has 110 valence electrons. The summed E-state index contributed by atoms with van der Waals surface area (Å²) in [6.45, 7) is 8.70. The van der Waals surface area contributed by atoms with Gasteiger partial charge < -0.3 is 10.6 Å². The number of nitrogens with one attached hydrogen (secondary N) is 2. The zero-order chi connectivity index (χ0) is 15.4. The number of rotatable bonds is 4. The molecule has 2 rings (SSSR count). The van der Waals surface area contributed by atoms with Gasteiger partial charge in [-0.05, 0) is 55.7 Å². The van der Waals surface area contributed by atoms with Crippen LogP contribution in [0.5, 0.6) is 0 Å². The van der Waals surface area contributed by atoms with E-state index in [4.69, 9.17) is 0 Å². The Balaban J connectivity index is 2.11. The molecule has 21 heavy (non-hydrogen) atoms. The Morgan fingerprint density at radius 1 is 1.00 bits per heavy atom. The number of amides is 1. The minimum Gasteiger partial charge on any atom is -0.381 e. The lowest BCUT2D eigenvalue weighted by Crippen LogP contribution is -2.07. The highest BCUT2D eigenvalue weighted by Gasteiger charge is 2.04. The van der Waals surface area contributed by atoms with Crippen LogP contribution in [0.25, 0.3) is 0 Å². The summed E-state index contributed by atoms with van der Waals surface area (Å²) in [4.78, 5) is 11.1. The zero-order valence-corrected chi connectivity index (χ0v) is 13.1. The van der Waals surface area contributed by atoms with Crippen LogP contribution in [-0.4, -0.2) is 5.91 Å². The summed E-state index contributed by atoms with van der Waals surface area (Å²) in [5, 5.41) is 6.22. The van der Waals surface area contributed by atoms with Crippen molar-refractivity contribution in [3.8, 4) is 0 Å². The van der Waals surface area contributed by atoms with Gasteiger partial charge in [-0.25, -0.2) is 0 Å². The fraction of sp³-hybridized carbons (Fsp3) is 0.278. The maximum atomic E-state index is 11.1. The average molecular weight is 282 g/mol. The van der Waals surface area contributed by atoms with Crippen LogP contribution >= 0.6 is 0 Å². The number of hydrogen-bond donors (Lipinski definition) is 2. The summed E-state index contributed by atoms with van der Waals surface area (Å²) in [5.74, 6) is -0.0580. The second kappa shape index (κ2) is 6.44. The molecule has 3 heteroatoms. The van der Waals surface area contributed by atoms with Gasteiger partial charge in [0.2, 0.25) is 5.91 Å². The average Bonchev–Trinajstić information content (AvgIpc) is 2.37. The van der Waals surface area contributed by atoms with Crippen molar-refractivity contribution in [2.75, 3.05) is 10.6 Å². The van der Waals surface area contributed by atoms with E-state index in [-0.39, 0.29) is 5.91 Å². The molecule has 0 aliphatic rings. The summed E-state index contributed by atoms with van der Waals surface area (Å²) >= 11 is 0. The van der Waals surface area contributed by atoms with Crippen LogP contribution in [0.2, 0.25) is 0 Å². The van der Waals surface area contributed by atoms with E-state index < -0.39 is 0 Å². The van der Waals surface area contributed by atoms with Crippen LogP contribution in [0.15, 0.2) is 36.4 Å². The van der Waals surface area contributed by atoms with Crippen molar-refractivity contribution in [1.82, 2.24) is 0 Å². The van der Waals surface area contributed by atoms with Crippen molar-refractivity contribution in [2.24, 2.45) is 0 Å². The highest BCUT2D eigenvalue weighted by Crippen LogP contribution is 2.20. The molecule has 0 unspecified atom stereocenters. The van der Waals surface area contributed by atoms with Crippen molar-refractivity contribution in [1.29, 1.82) is 0 Å². The molecule has 2 aromatic carbocycles. The van der Waals surface area contributed by atoms with Gasteiger partial charge in [-0.15, -0.1) is 0 Å². The summed E-state index contributed by atoms with van der Waals surface area (Å²) in [7, 11) is 0. The smallest absolute Gasteiger partial charge is 0.221 e. The molecule has 0 heterocycles. The van der Waals surface area contributed by atoms with E-state index in [9.17, 15) is 4.79 Å². The van der Waals surface area contributed by atoms with Crippen LogP contribution in [0.4, 0.5) is 11.4 Å². The first-order valence-corrected chi connectivity index (χ1v) is 7.14. The van der Waals surface area contributed by atoms with Crippen molar-refractivity contribution in [3.63, 3.8) is 0 Å². The van der Waals surface area contributed by atoms with Gasteiger partial charge >= 0.3 is 0 Å². The molecule has 0 atom stereocenters. The first-order valence-electron chi connectivity index (χ1n) is 7.14. The van der Waals surface area contributed by atoms with Gasteiger partial charge in [0.15, 0.2) is 0 Å². The van der Waals surface area contributed by atoms with Gasteiger partial charge in [-0.2, -0.15) is 0 Å². The van der Waals surface area contributed by atoms with E-state index in [1.165, 1.54) is 29.2 Å². The molecule has 0 fully saturated rings. The van der Waals surface area contributed by atoms with Crippen LogP contribution in [0, 0.1) is 20.8 Å². The normalized spacial score (nSPS) is 10.3. The van der Waals surface area contributed by atoms with E-state index in [0.29, 0.717) is 0 Å². The molecule has 1 amide bonds. The van der Waals surface area contributed by atoms with Crippen LogP contribution < -0.4 is 10.6 Å². The second-order valence-electron chi connectivity index (χ2n) is 5.49. The Hall–Kier alpha value is -2.29. The molecular weight excluding hydrogens is 260 g/mol. The molecular formula is C18H22N2O. The van der Waals surface area contributed by atoms with Gasteiger partial charge in [0.1, 0.15) is 0 Å². The Bertz CT molecular complexity index is 639. The molecule has 0 spiro atoms. The lowest BCUT2D eigenvalue weighted by atomic mass is 10.00. The molecule has 3 nitrogen and oxygen atoms in total. The maximum absolute atomic E-state index is 11.1. The topological polar surface area (TPSA) is 41.1 Å². The maximum Gasteiger partial charge on any atom is 0.221 e. The number of carbonyl (C=O) groups is 1. The van der Waals surface area contributed by atoms with Gasteiger partial charge in [-0.3, -0.25) is 4.79 Å². The monoisotopic (exact) mass is 282 g/mol. The number of aryl methyl sites for hydroxylation is 3. The highest BCUT2D eigenvalue weighted by atomic mass is 16.1. The fourth-order valence-corrected chi connectivity index (χ4v) is 2.59. The van der Waals surface area contributed by atoms with Gasteiger partial charge in [-0.1, -0.05) is 23.8 Å². The predicted molar refractivity (Wildman–Crippen MR) is 88.7 cm³/mol. The van der Waals surface area contributed by atoms with Crippen molar-refractivity contribution >= 4 is 17.3 Å². The van der Waals surface area contributed by atoms with E-state index in [2.05, 4.69) is 43.5 Å². The zero-order valence-electron chi connectivity index (χ0n) is 13.1. The Morgan fingerprint density at radius 3 is 2.24 bits per heavy atom. The summed E-state index contributed by atoms with van der Waals surface area (Å²) < 4.78 is 0. The summed E-state index contributed by atoms with van der Waals surface area (Å²) in [6, 6.07) is 12.2. The van der Waals surface area contributed by atoms with E-state index >= 15 is 0 Å². The van der Waals surface area contributed by atoms with Crippen LogP contribution in [0.1, 0.15) is 29.2 Å². The third kappa shape index (κ3) is 4.09. The molecule has 0 saturated carbocycles. The van der Waals surface area contributed by atoms with Crippen LogP contribution in [0.3, 0.4) is 0 Å². The molecule has 2 N–H and O–H groups in total. The lowest BCUT2D eigenvalue weighted by Gasteiger charge is -2.14. The molecule has 0 aromatic heterocycles. The number of benzene rings is 2. The first kappa shape index (κ1) is 15.1.